The van der Waals surface area contributed by atoms with Gasteiger partial charge in [0.25, 0.3) is 5.91 Å². The number of benzene rings is 2. The number of aliphatic hydroxyl groups excluding tert-OH is 1. The second-order valence-electron chi connectivity index (χ2n) is 7.26. The highest BCUT2D eigenvalue weighted by atomic mass is 19.4. The molecule has 1 aliphatic rings. The highest BCUT2D eigenvalue weighted by molar-refractivity contribution is 6.40. The zero-order chi connectivity index (χ0) is 23.3. The number of hydrogen-bond acceptors (Lipinski definition) is 6. The second-order valence-corrected chi connectivity index (χ2v) is 7.26. The van der Waals surface area contributed by atoms with Gasteiger partial charge in [-0.2, -0.15) is 18.3 Å². The van der Waals surface area contributed by atoms with E-state index in [1.807, 2.05) is 6.07 Å². The fraction of sp³-hybridized carbons (Fsp3) is 0.318. The van der Waals surface area contributed by atoms with Crippen molar-refractivity contribution in [3.63, 3.8) is 0 Å². The Morgan fingerprint density at radius 1 is 1.22 bits per heavy atom. The van der Waals surface area contributed by atoms with Crippen molar-refractivity contribution >= 4 is 23.1 Å². The summed E-state index contributed by atoms with van der Waals surface area (Å²) in [6, 6.07) is 12.6. The maximum atomic E-state index is 12.7. The SMILES string of the molecule is CC(=O)C1CC(C(=O)NCC(O)COc2cccc(C(F)(F)F)c2)=NN1c1ccccc1. The monoisotopic (exact) mass is 449 g/mol. The number of rotatable bonds is 8. The summed E-state index contributed by atoms with van der Waals surface area (Å²) in [7, 11) is 0. The summed E-state index contributed by atoms with van der Waals surface area (Å²) in [5.41, 5.74) is -0.0508. The lowest BCUT2D eigenvalue weighted by molar-refractivity contribution is -0.137. The van der Waals surface area contributed by atoms with E-state index in [1.165, 1.54) is 24.1 Å². The highest BCUT2D eigenvalue weighted by Crippen LogP contribution is 2.31. The van der Waals surface area contributed by atoms with Crippen LogP contribution in [0.25, 0.3) is 0 Å². The van der Waals surface area contributed by atoms with Crippen LogP contribution in [-0.2, 0) is 15.8 Å². The molecule has 1 heterocycles. The van der Waals surface area contributed by atoms with E-state index >= 15 is 0 Å². The summed E-state index contributed by atoms with van der Waals surface area (Å²) in [6.07, 6.45) is -5.55. The van der Waals surface area contributed by atoms with E-state index < -0.39 is 29.8 Å². The standard InChI is InChI=1S/C22H22F3N3O4/c1-14(29)20-11-19(27-28(20)16-7-3-2-4-8-16)21(31)26-12-17(30)13-32-18-9-5-6-15(10-18)22(23,24)25/h2-10,17,20,30H,11-13H2,1H3,(H,26,31). The molecule has 1 aliphatic heterocycles. The molecular weight excluding hydrogens is 427 g/mol. The van der Waals surface area contributed by atoms with Gasteiger partial charge in [-0.3, -0.25) is 14.6 Å². The molecule has 3 rings (SSSR count). The van der Waals surface area contributed by atoms with Gasteiger partial charge in [-0.15, -0.1) is 0 Å². The second kappa shape index (κ2) is 9.82. The molecule has 0 saturated heterocycles. The van der Waals surface area contributed by atoms with Crippen LogP contribution in [0, 0.1) is 0 Å². The van der Waals surface area contributed by atoms with Crippen LogP contribution in [-0.4, -0.2) is 47.8 Å². The smallest absolute Gasteiger partial charge is 0.416 e. The minimum absolute atomic E-state index is 0.0480. The first-order valence-corrected chi connectivity index (χ1v) is 9.83. The Labute approximate surface area is 182 Å². The molecule has 7 nitrogen and oxygen atoms in total. The summed E-state index contributed by atoms with van der Waals surface area (Å²) in [5.74, 6) is -0.740. The van der Waals surface area contributed by atoms with Gasteiger partial charge in [-0.25, -0.2) is 0 Å². The molecule has 0 aromatic heterocycles. The number of ether oxygens (including phenoxy) is 1. The molecule has 2 atom stereocenters. The minimum Gasteiger partial charge on any atom is -0.491 e. The Kier molecular flexibility index (Phi) is 7.14. The maximum Gasteiger partial charge on any atom is 0.416 e. The molecule has 170 valence electrons. The first kappa shape index (κ1) is 23.3. The van der Waals surface area contributed by atoms with Gasteiger partial charge < -0.3 is 15.2 Å². The van der Waals surface area contributed by atoms with Gasteiger partial charge in [0.05, 0.1) is 11.3 Å². The first-order chi connectivity index (χ1) is 15.1. The Hall–Kier alpha value is -3.40. The molecule has 1 amide bonds. The molecule has 2 N–H and O–H groups in total. The number of carbonyl (C=O) groups is 2. The number of alkyl halides is 3. The molecule has 0 bridgehead atoms. The van der Waals surface area contributed by atoms with E-state index in [1.54, 1.807) is 24.3 Å². The Morgan fingerprint density at radius 3 is 2.59 bits per heavy atom. The number of Topliss-reactive ketones (excluding diaryl/α,β-unsaturated/α-hetero) is 1. The number of amides is 1. The molecule has 2 unspecified atom stereocenters. The topological polar surface area (TPSA) is 91.2 Å². The molecule has 0 spiro atoms. The normalized spacial score (nSPS) is 17.0. The van der Waals surface area contributed by atoms with Crippen molar-refractivity contribution < 1.29 is 32.6 Å². The predicted octanol–water partition coefficient (Wildman–Crippen LogP) is 2.79. The van der Waals surface area contributed by atoms with E-state index in [0.717, 1.165) is 12.1 Å². The van der Waals surface area contributed by atoms with Crippen LogP contribution in [0.1, 0.15) is 18.9 Å². The number of hydrazone groups is 1. The quantitative estimate of drug-likeness (QED) is 0.647. The van der Waals surface area contributed by atoms with Crippen LogP contribution in [0.2, 0.25) is 0 Å². The lowest BCUT2D eigenvalue weighted by Gasteiger charge is -2.20. The highest BCUT2D eigenvalue weighted by Gasteiger charge is 2.34. The number of nitrogens with zero attached hydrogens (tertiary/aromatic N) is 2. The van der Waals surface area contributed by atoms with Crippen molar-refractivity contribution in [1.29, 1.82) is 0 Å². The number of hydrogen-bond donors (Lipinski definition) is 2. The molecule has 0 aliphatic carbocycles. The molecular formula is C22H22F3N3O4. The number of nitrogens with one attached hydrogen (secondary N) is 1. The van der Waals surface area contributed by atoms with E-state index in [9.17, 15) is 27.9 Å². The average molecular weight is 449 g/mol. The number of anilines is 1. The molecule has 2 aromatic rings. The van der Waals surface area contributed by atoms with Gasteiger partial charge >= 0.3 is 6.18 Å². The third-order valence-corrected chi connectivity index (χ3v) is 4.76. The predicted molar refractivity (Wildman–Crippen MR) is 111 cm³/mol. The van der Waals surface area contributed by atoms with E-state index in [-0.39, 0.29) is 36.8 Å². The van der Waals surface area contributed by atoms with Crippen LogP contribution in [0.4, 0.5) is 18.9 Å². The molecule has 10 heteroatoms. The molecule has 0 fully saturated rings. The summed E-state index contributed by atoms with van der Waals surface area (Å²) in [4.78, 5) is 24.5. The summed E-state index contributed by atoms with van der Waals surface area (Å²) < 4.78 is 43.4. The number of aliphatic hydroxyl groups is 1. The Balaban J connectivity index is 1.54. The zero-order valence-corrected chi connectivity index (χ0v) is 17.2. The first-order valence-electron chi connectivity index (χ1n) is 9.83. The third-order valence-electron chi connectivity index (χ3n) is 4.76. The van der Waals surface area contributed by atoms with Gasteiger partial charge in [0.15, 0.2) is 5.78 Å². The lowest BCUT2D eigenvalue weighted by atomic mass is 10.1. The fourth-order valence-electron chi connectivity index (χ4n) is 3.11. The van der Waals surface area contributed by atoms with E-state index in [0.29, 0.717) is 5.69 Å². The fourth-order valence-corrected chi connectivity index (χ4v) is 3.11. The van der Waals surface area contributed by atoms with Crippen LogP contribution in [0.3, 0.4) is 0 Å². The van der Waals surface area contributed by atoms with E-state index in [2.05, 4.69) is 10.4 Å². The van der Waals surface area contributed by atoms with Crippen LogP contribution < -0.4 is 15.1 Å². The zero-order valence-electron chi connectivity index (χ0n) is 17.2. The number of halogens is 3. The van der Waals surface area contributed by atoms with Gasteiger partial charge in [0.2, 0.25) is 0 Å². The van der Waals surface area contributed by atoms with Gasteiger partial charge in [-0.05, 0) is 37.3 Å². The molecule has 0 radical (unpaired) electrons. The third kappa shape index (κ3) is 5.85. The van der Waals surface area contributed by atoms with Crippen molar-refractivity contribution in [2.24, 2.45) is 5.10 Å². The van der Waals surface area contributed by atoms with Gasteiger partial charge in [0.1, 0.15) is 30.2 Å². The Bertz CT molecular complexity index is 995. The number of para-hydroxylation sites is 1. The summed E-state index contributed by atoms with van der Waals surface area (Å²) in [6.45, 7) is 0.902. The number of carbonyl (C=O) groups excluding carboxylic acids is 2. The van der Waals surface area contributed by atoms with E-state index in [4.69, 9.17) is 4.74 Å². The van der Waals surface area contributed by atoms with Crippen molar-refractivity contribution in [3.8, 4) is 5.75 Å². The van der Waals surface area contributed by atoms with Crippen LogP contribution >= 0.6 is 0 Å². The summed E-state index contributed by atoms with van der Waals surface area (Å²) in [5, 5.41) is 18.3. The molecule has 0 saturated carbocycles. The van der Waals surface area contributed by atoms with Crippen molar-refractivity contribution in [2.75, 3.05) is 18.2 Å². The molecule has 2 aromatic carbocycles. The Morgan fingerprint density at radius 2 is 1.94 bits per heavy atom. The maximum absolute atomic E-state index is 12.7. The summed E-state index contributed by atoms with van der Waals surface area (Å²) >= 11 is 0. The minimum atomic E-state index is -4.50. The average Bonchev–Trinajstić information content (AvgIpc) is 3.22. The van der Waals surface area contributed by atoms with Gasteiger partial charge in [-0.1, -0.05) is 24.3 Å². The van der Waals surface area contributed by atoms with Crippen molar-refractivity contribution in [1.82, 2.24) is 5.32 Å². The van der Waals surface area contributed by atoms with Crippen molar-refractivity contribution in [3.05, 3.63) is 60.2 Å². The molecule has 32 heavy (non-hydrogen) atoms. The number of ketones is 1. The van der Waals surface area contributed by atoms with Crippen molar-refractivity contribution in [2.45, 2.75) is 31.7 Å². The van der Waals surface area contributed by atoms with Crippen LogP contribution in [0.15, 0.2) is 59.7 Å². The van der Waals surface area contributed by atoms with Gasteiger partial charge in [0, 0.05) is 13.0 Å². The lowest BCUT2D eigenvalue weighted by Crippen LogP contribution is -2.39. The van der Waals surface area contributed by atoms with Crippen LogP contribution in [0.5, 0.6) is 5.75 Å². The largest absolute Gasteiger partial charge is 0.491 e.